The quantitative estimate of drug-likeness (QED) is 0.805. The second kappa shape index (κ2) is 7.59. The summed E-state index contributed by atoms with van der Waals surface area (Å²) < 4.78 is 9.60. The summed E-state index contributed by atoms with van der Waals surface area (Å²) in [7, 11) is 5.90. The predicted molar refractivity (Wildman–Crippen MR) is 97.9 cm³/mol. The van der Waals surface area contributed by atoms with E-state index < -0.39 is 0 Å². The van der Waals surface area contributed by atoms with Gasteiger partial charge in [0, 0.05) is 44.1 Å². The maximum atomic E-state index is 13.2. The normalized spacial score (nSPS) is 21.0. The number of hydrogen-bond donors (Lipinski definition) is 0. The molecule has 142 valence electrons. The number of aromatic nitrogens is 4. The molecule has 2 aromatic heterocycles. The van der Waals surface area contributed by atoms with Crippen LogP contribution < -0.4 is 0 Å². The smallest absolute Gasteiger partial charge is 0.257 e. The van der Waals surface area contributed by atoms with Crippen molar-refractivity contribution in [3.63, 3.8) is 0 Å². The van der Waals surface area contributed by atoms with Crippen LogP contribution in [-0.2, 0) is 11.8 Å². The first-order valence-electron chi connectivity index (χ1n) is 8.97. The van der Waals surface area contributed by atoms with Gasteiger partial charge in [0.25, 0.3) is 5.91 Å². The SMILES string of the molecule is CC(C)n1cc(C(=O)N2CCO[C@@H](CN(C)C)[C@@H]2c2cnn(C)c2)cn1. The number of aryl methyl sites for hydroxylation is 1. The summed E-state index contributed by atoms with van der Waals surface area (Å²) >= 11 is 0. The zero-order valence-corrected chi connectivity index (χ0v) is 16.2. The maximum Gasteiger partial charge on any atom is 0.257 e. The molecule has 1 amide bonds. The van der Waals surface area contributed by atoms with Gasteiger partial charge in [0.15, 0.2) is 0 Å². The Labute approximate surface area is 154 Å². The maximum absolute atomic E-state index is 13.2. The van der Waals surface area contributed by atoms with Gasteiger partial charge in [-0.25, -0.2) is 0 Å². The number of amides is 1. The van der Waals surface area contributed by atoms with E-state index in [-0.39, 0.29) is 24.1 Å². The van der Waals surface area contributed by atoms with Crippen LogP contribution in [0, 0.1) is 0 Å². The van der Waals surface area contributed by atoms with Crippen molar-refractivity contribution in [1.29, 1.82) is 0 Å². The Kier molecular flexibility index (Phi) is 5.43. The van der Waals surface area contributed by atoms with Gasteiger partial charge in [-0.3, -0.25) is 14.2 Å². The topological polar surface area (TPSA) is 68.4 Å². The van der Waals surface area contributed by atoms with Gasteiger partial charge in [0.2, 0.25) is 0 Å². The van der Waals surface area contributed by atoms with E-state index >= 15 is 0 Å². The molecule has 0 spiro atoms. The zero-order valence-electron chi connectivity index (χ0n) is 16.2. The number of carbonyl (C=O) groups is 1. The van der Waals surface area contributed by atoms with Crippen molar-refractivity contribution in [3.8, 4) is 0 Å². The highest BCUT2D eigenvalue weighted by Crippen LogP contribution is 2.31. The van der Waals surface area contributed by atoms with E-state index in [0.717, 1.165) is 12.1 Å². The molecule has 1 saturated heterocycles. The van der Waals surface area contributed by atoms with Gasteiger partial charge in [0.1, 0.15) is 0 Å². The molecule has 3 rings (SSSR count). The van der Waals surface area contributed by atoms with Crippen molar-refractivity contribution in [3.05, 3.63) is 35.9 Å². The highest BCUT2D eigenvalue weighted by molar-refractivity contribution is 5.94. The molecule has 3 heterocycles. The first-order valence-corrected chi connectivity index (χ1v) is 8.97. The average molecular weight is 360 g/mol. The van der Waals surface area contributed by atoms with Crippen LogP contribution in [0.4, 0.5) is 0 Å². The molecule has 1 aliphatic heterocycles. The van der Waals surface area contributed by atoms with Crippen LogP contribution in [0.1, 0.15) is 41.9 Å². The highest BCUT2D eigenvalue weighted by Gasteiger charge is 2.38. The third-order valence-electron chi connectivity index (χ3n) is 4.60. The lowest BCUT2D eigenvalue weighted by atomic mass is 9.99. The lowest BCUT2D eigenvalue weighted by molar-refractivity contribution is -0.0684. The minimum Gasteiger partial charge on any atom is -0.373 e. The third kappa shape index (κ3) is 3.81. The monoisotopic (exact) mass is 360 g/mol. The van der Waals surface area contributed by atoms with Gasteiger partial charge in [-0.15, -0.1) is 0 Å². The Bertz CT molecular complexity index is 750. The summed E-state index contributed by atoms with van der Waals surface area (Å²) in [6, 6.07) is 0.0478. The number of likely N-dealkylation sites (N-methyl/N-ethyl adjacent to an activating group) is 1. The fourth-order valence-electron chi connectivity index (χ4n) is 3.36. The molecule has 0 N–H and O–H groups in total. The minimum atomic E-state index is -0.172. The van der Waals surface area contributed by atoms with Crippen LogP contribution in [0.2, 0.25) is 0 Å². The Morgan fingerprint density at radius 2 is 2.08 bits per heavy atom. The van der Waals surface area contributed by atoms with Crippen molar-refractivity contribution < 1.29 is 9.53 Å². The zero-order chi connectivity index (χ0) is 18.8. The molecule has 26 heavy (non-hydrogen) atoms. The number of rotatable bonds is 5. The summed E-state index contributed by atoms with van der Waals surface area (Å²) in [5, 5.41) is 8.61. The minimum absolute atomic E-state index is 0.0159. The molecule has 8 nitrogen and oxygen atoms in total. The molecule has 0 unspecified atom stereocenters. The molecule has 1 fully saturated rings. The molecule has 0 saturated carbocycles. The standard InChI is InChI=1S/C18H28N6O2/c1-13(2)24-11-15(9-20-24)18(25)23-6-7-26-16(12-21(3)4)17(23)14-8-19-22(5)10-14/h8-11,13,16-17H,6-7,12H2,1-5H3/t16-,17-/m0/s1. The van der Waals surface area contributed by atoms with Crippen LogP contribution in [0.15, 0.2) is 24.8 Å². The van der Waals surface area contributed by atoms with E-state index in [1.54, 1.807) is 10.9 Å². The van der Waals surface area contributed by atoms with Gasteiger partial charge < -0.3 is 14.5 Å². The van der Waals surface area contributed by atoms with E-state index in [2.05, 4.69) is 15.1 Å². The Morgan fingerprint density at radius 3 is 2.65 bits per heavy atom. The average Bonchev–Trinajstić information content (AvgIpc) is 3.22. The lowest BCUT2D eigenvalue weighted by Gasteiger charge is -2.41. The number of morpholine rings is 1. The summed E-state index contributed by atoms with van der Waals surface area (Å²) in [4.78, 5) is 17.2. The molecule has 2 aromatic rings. The summed E-state index contributed by atoms with van der Waals surface area (Å²) in [6.07, 6.45) is 7.15. The third-order valence-corrected chi connectivity index (χ3v) is 4.60. The molecule has 2 atom stereocenters. The summed E-state index contributed by atoms with van der Waals surface area (Å²) in [6.45, 7) is 5.90. The van der Waals surface area contributed by atoms with E-state index in [1.165, 1.54) is 0 Å². The number of hydrogen-bond acceptors (Lipinski definition) is 5. The second-order valence-electron chi connectivity index (χ2n) is 7.36. The Hall–Kier alpha value is -2.19. The molecular weight excluding hydrogens is 332 g/mol. The van der Waals surface area contributed by atoms with Gasteiger partial charge in [0.05, 0.1) is 36.7 Å². The van der Waals surface area contributed by atoms with Gasteiger partial charge in [-0.05, 0) is 27.9 Å². The molecule has 8 heteroatoms. The summed E-state index contributed by atoms with van der Waals surface area (Å²) in [5.41, 5.74) is 1.60. The van der Waals surface area contributed by atoms with E-state index in [1.807, 2.05) is 63.2 Å². The summed E-state index contributed by atoms with van der Waals surface area (Å²) in [5.74, 6) is -0.0159. The number of carbonyl (C=O) groups excluding carboxylic acids is 1. The fraction of sp³-hybridized carbons (Fsp3) is 0.611. The van der Waals surface area contributed by atoms with Crippen molar-refractivity contribution in [2.24, 2.45) is 7.05 Å². The molecule has 0 radical (unpaired) electrons. The van der Waals surface area contributed by atoms with Gasteiger partial charge in [-0.1, -0.05) is 0 Å². The first kappa shape index (κ1) is 18.6. The molecule has 1 aliphatic rings. The fourth-order valence-corrected chi connectivity index (χ4v) is 3.36. The largest absolute Gasteiger partial charge is 0.373 e. The van der Waals surface area contributed by atoms with Crippen molar-refractivity contribution >= 4 is 5.91 Å². The van der Waals surface area contributed by atoms with Crippen LogP contribution >= 0.6 is 0 Å². The van der Waals surface area contributed by atoms with Crippen molar-refractivity contribution in [1.82, 2.24) is 29.4 Å². The highest BCUT2D eigenvalue weighted by atomic mass is 16.5. The van der Waals surface area contributed by atoms with Crippen molar-refractivity contribution in [2.45, 2.75) is 32.0 Å². The van der Waals surface area contributed by atoms with Gasteiger partial charge in [-0.2, -0.15) is 10.2 Å². The molecular formula is C18H28N6O2. The Morgan fingerprint density at radius 1 is 1.31 bits per heavy atom. The van der Waals surface area contributed by atoms with E-state index in [4.69, 9.17) is 4.74 Å². The van der Waals surface area contributed by atoms with Crippen molar-refractivity contribution in [2.75, 3.05) is 33.8 Å². The van der Waals surface area contributed by atoms with E-state index in [0.29, 0.717) is 18.7 Å². The van der Waals surface area contributed by atoms with E-state index in [9.17, 15) is 4.79 Å². The number of ether oxygens (including phenoxy) is 1. The van der Waals surface area contributed by atoms with Crippen LogP contribution in [0.5, 0.6) is 0 Å². The van der Waals surface area contributed by atoms with Gasteiger partial charge >= 0.3 is 0 Å². The first-order chi connectivity index (χ1) is 12.4. The lowest BCUT2D eigenvalue weighted by Crippen LogP contribution is -2.51. The van der Waals surface area contributed by atoms with Crippen LogP contribution in [0.25, 0.3) is 0 Å². The predicted octanol–water partition coefficient (Wildman–Crippen LogP) is 1.34. The Balaban J connectivity index is 1.92. The molecule has 0 bridgehead atoms. The second-order valence-corrected chi connectivity index (χ2v) is 7.36. The molecule has 0 aliphatic carbocycles. The number of nitrogens with zero attached hydrogens (tertiary/aromatic N) is 6. The molecule has 0 aromatic carbocycles. The van der Waals surface area contributed by atoms with Crippen LogP contribution in [-0.4, -0.2) is 75.2 Å². The van der Waals surface area contributed by atoms with Crippen LogP contribution in [0.3, 0.4) is 0 Å².